The van der Waals surface area contributed by atoms with Crippen molar-refractivity contribution in [2.45, 2.75) is 6.10 Å². The van der Waals surface area contributed by atoms with Gasteiger partial charge in [0.25, 0.3) is 0 Å². The van der Waals surface area contributed by atoms with Crippen molar-refractivity contribution in [3.8, 4) is 0 Å². The van der Waals surface area contributed by atoms with E-state index in [4.69, 9.17) is 4.74 Å². The number of likely N-dealkylation sites (N-methyl/N-ethyl adjacent to an activating group) is 1. The highest BCUT2D eigenvalue weighted by Crippen LogP contribution is 2.04. The van der Waals surface area contributed by atoms with Crippen LogP contribution in [-0.2, 0) is 9.53 Å². The van der Waals surface area contributed by atoms with Gasteiger partial charge in [-0.05, 0) is 12.1 Å². The summed E-state index contributed by atoms with van der Waals surface area (Å²) in [5, 5.41) is 12.5. The van der Waals surface area contributed by atoms with E-state index in [-0.39, 0.29) is 25.6 Å². The Morgan fingerprint density at radius 3 is 2.72 bits per heavy atom. The molecule has 0 saturated carbocycles. The fourth-order valence-corrected chi connectivity index (χ4v) is 1.53. The van der Waals surface area contributed by atoms with Crippen molar-refractivity contribution in [3.05, 3.63) is 30.3 Å². The summed E-state index contributed by atoms with van der Waals surface area (Å²) in [6.07, 6.45) is -0.652. The van der Waals surface area contributed by atoms with Crippen molar-refractivity contribution in [2.24, 2.45) is 0 Å². The van der Waals surface area contributed by atoms with Gasteiger partial charge in [-0.25, -0.2) is 0 Å². The van der Waals surface area contributed by atoms with E-state index in [1.807, 2.05) is 30.3 Å². The summed E-state index contributed by atoms with van der Waals surface area (Å²) in [7, 11) is 3.18. The lowest BCUT2D eigenvalue weighted by Gasteiger charge is -2.20. The molecule has 0 fully saturated rings. The number of hydrogen-bond acceptors (Lipinski definition) is 4. The van der Waals surface area contributed by atoms with E-state index in [2.05, 4.69) is 5.32 Å². The van der Waals surface area contributed by atoms with Crippen LogP contribution in [0.25, 0.3) is 0 Å². The smallest absolute Gasteiger partial charge is 0.241 e. The summed E-state index contributed by atoms with van der Waals surface area (Å²) >= 11 is 0. The normalized spacial score (nSPS) is 11.9. The summed E-state index contributed by atoms with van der Waals surface area (Å²) in [6.45, 7) is 0.701. The average molecular weight is 252 g/mol. The quantitative estimate of drug-likeness (QED) is 0.744. The molecule has 2 N–H and O–H groups in total. The predicted molar refractivity (Wildman–Crippen MR) is 70.5 cm³/mol. The number of ether oxygens (including phenoxy) is 1. The first kappa shape index (κ1) is 14.5. The Balaban J connectivity index is 2.32. The number of aliphatic hydroxyl groups excluding tert-OH is 1. The maximum absolute atomic E-state index is 11.8. The van der Waals surface area contributed by atoms with Crippen LogP contribution >= 0.6 is 0 Å². The molecule has 0 aliphatic rings. The molecule has 1 aromatic rings. The molecular weight excluding hydrogens is 232 g/mol. The van der Waals surface area contributed by atoms with E-state index in [0.29, 0.717) is 0 Å². The fourth-order valence-electron chi connectivity index (χ4n) is 1.53. The molecule has 0 aromatic heterocycles. The van der Waals surface area contributed by atoms with Gasteiger partial charge in [0, 0.05) is 26.4 Å². The number of benzene rings is 1. The van der Waals surface area contributed by atoms with Crippen LogP contribution in [0.5, 0.6) is 0 Å². The second-order valence-electron chi connectivity index (χ2n) is 4.10. The van der Waals surface area contributed by atoms with Gasteiger partial charge in [-0.3, -0.25) is 4.79 Å². The van der Waals surface area contributed by atoms with Crippen molar-refractivity contribution >= 4 is 11.6 Å². The summed E-state index contributed by atoms with van der Waals surface area (Å²) < 4.78 is 4.81. The Morgan fingerprint density at radius 2 is 2.11 bits per heavy atom. The van der Waals surface area contributed by atoms with Crippen LogP contribution in [0.15, 0.2) is 30.3 Å². The first-order valence-corrected chi connectivity index (χ1v) is 5.83. The predicted octanol–water partition coefficient (Wildman–Crippen LogP) is 0.564. The Kier molecular flexibility index (Phi) is 6.18. The second kappa shape index (κ2) is 7.68. The molecular formula is C13H20N2O3. The minimum atomic E-state index is -0.652. The molecule has 1 aromatic carbocycles. The summed E-state index contributed by atoms with van der Waals surface area (Å²) in [5.74, 6) is -0.0750. The van der Waals surface area contributed by atoms with E-state index in [1.165, 1.54) is 12.0 Å². The number of anilines is 1. The molecule has 18 heavy (non-hydrogen) atoms. The van der Waals surface area contributed by atoms with E-state index in [0.717, 1.165) is 5.69 Å². The lowest BCUT2D eigenvalue weighted by Crippen LogP contribution is -2.39. The molecule has 5 nitrogen and oxygen atoms in total. The number of methoxy groups -OCH3 is 1. The number of hydrogen-bond donors (Lipinski definition) is 2. The van der Waals surface area contributed by atoms with Gasteiger partial charge in [0.05, 0.1) is 19.3 Å². The van der Waals surface area contributed by atoms with E-state index < -0.39 is 6.10 Å². The van der Waals surface area contributed by atoms with Crippen molar-refractivity contribution < 1.29 is 14.6 Å². The molecule has 1 atom stereocenters. The summed E-state index contributed by atoms with van der Waals surface area (Å²) in [6, 6.07) is 9.51. The van der Waals surface area contributed by atoms with Crippen molar-refractivity contribution in [3.63, 3.8) is 0 Å². The number of carbonyl (C=O) groups excluding carboxylic acids is 1. The molecule has 0 aliphatic heterocycles. The molecule has 5 heteroatoms. The molecule has 0 bridgehead atoms. The lowest BCUT2D eigenvalue weighted by molar-refractivity contribution is -0.129. The Morgan fingerprint density at radius 1 is 1.44 bits per heavy atom. The van der Waals surface area contributed by atoms with E-state index in [1.54, 1.807) is 7.05 Å². The van der Waals surface area contributed by atoms with Gasteiger partial charge in [-0.2, -0.15) is 0 Å². The highest BCUT2D eigenvalue weighted by atomic mass is 16.5. The van der Waals surface area contributed by atoms with Gasteiger partial charge in [-0.1, -0.05) is 18.2 Å². The monoisotopic (exact) mass is 252 g/mol. The van der Waals surface area contributed by atoms with Gasteiger partial charge in [0.15, 0.2) is 0 Å². The lowest BCUT2D eigenvalue weighted by atomic mass is 10.3. The topological polar surface area (TPSA) is 61.8 Å². The van der Waals surface area contributed by atoms with Gasteiger partial charge in [0.2, 0.25) is 5.91 Å². The Bertz CT molecular complexity index is 357. The summed E-state index contributed by atoms with van der Waals surface area (Å²) in [4.78, 5) is 13.3. The zero-order chi connectivity index (χ0) is 13.4. The van der Waals surface area contributed by atoms with Crippen LogP contribution in [0.3, 0.4) is 0 Å². The number of amides is 1. The minimum absolute atomic E-state index is 0.0750. The van der Waals surface area contributed by atoms with Crippen LogP contribution in [0.2, 0.25) is 0 Å². The largest absolute Gasteiger partial charge is 0.389 e. The van der Waals surface area contributed by atoms with Crippen LogP contribution in [0, 0.1) is 0 Å². The zero-order valence-electron chi connectivity index (χ0n) is 10.8. The highest BCUT2D eigenvalue weighted by molar-refractivity contribution is 5.80. The van der Waals surface area contributed by atoms with Gasteiger partial charge in [-0.15, -0.1) is 0 Å². The number of carbonyl (C=O) groups is 1. The van der Waals surface area contributed by atoms with E-state index >= 15 is 0 Å². The Hall–Kier alpha value is -1.59. The molecule has 0 spiro atoms. The third-order valence-electron chi connectivity index (χ3n) is 2.49. The third kappa shape index (κ3) is 5.16. The van der Waals surface area contributed by atoms with Crippen LogP contribution < -0.4 is 5.32 Å². The zero-order valence-corrected chi connectivity index (χ0v) is 10.8. The second-order valence-corrected chi connectivity index (χ2v) is 4.10. The molecule has 1 unspecified atom stereocenters. The van der Waals surface area contributed by atoms with Crippen molar-refractivity contribution in [1.29, 1.82) is 0 Å². The van der Waals surface area contributed by atoms with Crippen LogP contribution in [-0.4, -0.2) is 55.9 Å². The van der Waals surface area contributed by atoms with Crippen LogP contribution in [0.4, 0.5) is 5.69 Å². The van der Waals surface area contributed by atoms with Crippen LogP contribution in [0.1, 0.15) is 0 Å². The number of nitrogens with zero attached hydrogens (tertiary/aromatic N) is 1. The Labute approximate surface area is 107 Å². The molecule has 0 saturated heterocycles. The maximum atomic E-state index is 11.8. The molecule has 100 valence electrons. The van der Waals surface area contributed by atoms with Gasteiger partial charge < -0.3 is 20.1 Å². The maximum Gasteiger partial charge on any atom is 0.241 e. The highest BCUT2D eigenvalue weighted by Gasteiger charge is 2.13. The van der Waals surface area contributed by atoms with Crippen molar-refractivity contribution in [1.82, 2.24) is 4.90 Å². The number of nitrogens with one attached hydrogen (secondary N) is 1. The van der Waals surface area contributed by atoms with Gasteiger partial charge >= 0.3 is 0 Å². The molecule has 0 aliphatic carbocycles. The SMILES string of the molecule is COCC(O)CN(C)C(=O)CNc1ccccc1. The third-order valence-corrected chi connectivity index (χ3v) is 2.49. The standard InChI is InChI=1S/C13H20N2O3/c1-15(9-12(16)10-18-2)13(17)8-14-11-6-4-3-5-7-11/h3-7,12,14,16H,8-10H2,1-2H3. The van der Waals surface area contributed by atoms with E-state index in [9.17, 15) is 9.90 Å². The summed E-state index contributed by atoms with van der Waals surface area (Å²) in [5.41, 5.74) is 0.900. The number of rotatable bonds is 7. The van der Waals surface area contributed by atoms with Crippen molar-refractivity contribution in [2.75, 3.05) is 39.2 Å². The van der Waals surface area contributed by atoms with Gasteiger partial charge in [0.1, 0.15) is 0 Å². The molecule has 0 heterocycles. The first-order chi connectivity index (χ1) is 8.63. The molecule has 1 rings (SSSR count). The number of para-hydroxylation sites is 1. The fraction of sp³-hybridized carbons (Fsp3) is 0.462. The molecule has 1 amide bonds. The number of aliphatic hydroxyl groups is 1. The average Bonchev–Trinajstić information content (AvgIpc) is 2.37. The first-order valence-electron chi connectivity index (χ1n) is 5.83. The molecule has 0 radical (unpaired) electrons. The minimum Gasteiger partial charge on any atom is -0.389 e.